The molecule has 1 unspecified atom stereocenters. The van der Waals surface area contributed by atoms with Crippen LogP contribution in [-0.4, -0.2) is 28.5 Å². The van der Waals surface area contributed by atoms with E-state index in [4.69, 9.17) is 0 Å². The second-order valence-electron chi connectivity index (χ2n) is 3.14. The van der Waals surface area contributed by atoms with Gasteiger partial charge in [0.05, 0.1) is 0 Å². The maximum absolute atomic E-state index is 2.59. The minimum atomic E-state index is 0.835. The molecule has 1 atom stereocenters. The summed E-state index contributed by atoms with van der Waals surface area (Å²) in [4.78, 5) is 2.59. The SMILES string of the molecule is CCCC(CCI)N(CC)CC. The number of hydrogen-bond acceptors (Lipinski definition) is 1. The minimum absolute atomic E-state index is 0.835. The van der Waals surface area contributed by atoms with Gasteiger partial charge in [-0.1, -0.05) is 49.8 Å². The molecule has 0 saturated heterocycles. The first-order valence-electron chi connectivity index (χ1n) is 5.10. The Morgan fingerprint density at radius 1 is 1.08 bits per heavy atom. The summed E-state index contributed by atoms with van der Waals surface area (Å²) in [6.07, 6.45) is 4.04. The molecule has 12 heavy (non-hydrogen) atoms. The van der Waals surface area contributed by atoms with Gasteiger partial charge in [0, 0.05) is 10.5 Å². The lowest BCUT2D eigenvalue weighted by Crippen LogP contribution is -2.35. The van der Waals surface area contributed by atoms with Crippen molar-refractivity contribution in [2.75, 3.05) is 17.5 Å². The topological polar surface area (TPSA) is 3.24 Å². The standard InChI is InChI=1S/C10H22IN/c1-4-7-10(8-9-11)12(5-2)6-3/h10H,4-9H2,1-3H3. The van der Waals surface area contributed by atoms with Crippen LogP contribution >= 0.6 is 22.6 Å². The Kier molecular flexibility index (Phi) is 8.77. The van der Waals surface area contributed by atoms with E-state index in [1.165, 1.54) is 36.8 Å². The van der Waals surface area contributed by atoms with E-state index in [1.54, 1.807) is 0 Å². The zero-order valence-electron chi connectivity index (χ0n) is 8.65. The highest BCUT2D eigenvalue weighted by molar-refractivity contribution is 14.1. The summed E-state index contributed by atoms with van der Waals surface area (Å²) in [7, 11) is 0. The lowest BCUT2D eigenvalue weighted by atomic mass is 10.1. The average molecular weight is 283 g/mol. The van der Waals surface area contributed by atoms with Gasteiger partial charge in [0.15, 0.2) is 0 Å². The molecule has 2 heteroatoms. The van der Waals surface area contributed by atoms with Crippen LogP contribution in [-0.2, 0) is 0 Å². The summed E-state index contributed by atoms with van der Waals surface area (Å²) in [5.74, 6) is 0. The molecule has 0 saturated carbocycles. The Labute approximate surface area is 91.0 Å². The highest BCUT2D eigenvalue weighted by Crippen LogP contribution is 2.12. The Balaban J connectivity index is 3.86. The molecule has 0 heterocycles. The lowest BCUT2D eigenvalue weighted by Gasteiger charge is -2.28. The average Bonchev–Trinajstić information content (AvgIpc) is 2.07. The summed E-state index contributed by atoms with van der Waals surface area (Å²) < 4.78 is 1.29. The molecule has 0 aliphatic carbocycles. The number of halogens is 1. The van der Waals surface area contributed by atoms with Gasteiger partial charge >= 0.3 is 0 Å². The fourth-order valence-electron chi connectivity index (χ4n) is 1.71. The maximum Gasteiger partial charge on any atom is 0.0102 e. The van der Waals surface area contributed by atoms with Crippen LogP contribution in [0.25, 0.3) is 0 Å². The second kappa shape index (κ2) is 8.30. The first kappa shape index (κ1) is 12.7. The number of rotatable bonds is 7. The van der Waals surface area contributed by atoms with Crippen molar-refractivity contribution in [1.82, 2.24) is 4.90 Å². The minimum Gasteiger partial charge on any atom is -0.301 e. The Morgan fingerprint density at radius 3 is 2.00 bits per heavy atom. The summed E-state index contributed by atoms with van der Waals surface area (Å²) in [6, 6.07) is 0.835. The molecule has 1 nitrogen and oxygen atoms in total. The molecule has 0 N–H and O–H groups in total. The van der Waals surface area contributed by atoms with Gasteiger partial charge in [-0.2, -0.15) is 0 Å². The zero-order valence-corrected chi connectivity index (χ0v) is 10.8. The quantitative estimate of drug-likeness (QED) is 0.512. The van der Waals surface area contributed by atoms with Gasteiger partial charge in [-0.05, 0) is 25.9 Å². The molecule has 0 aliphatic rings. The van der Waals surface area contributed by atoms with Gasteiger partial charge < -0.3 is 4.90 Å². The first-order valence-corrected chi connectivity index (χ1v) is 6.62. The third-order valence-corrected chi connectivity index (χ3v) is 3.02. The van der Waals surface area contributed by atoms with E-state index in [0.717, 1.165) is 6.04 Å². The van der Waals surface area contributed by atoms with Crippen LogP contribution in [0.4, 0.5) is 0 Å². The predicted molar refractivity (Wildman–Crippen MR) is 65.1 cm³/mol. The summed E-state index contributed by atoms with van der Waals surface area (Å²) in [6.45, 7) is 9.22. The van der Waals surface area contributed by atoms with Crippen molar-refractivity contribution < 1.29 is 0 Å². The van der Waals surface area contributed by atoms with Crippen LogP contribution in [0, 0.1) is 0 Å². The molecule has 0 amide bonds. The molecular weight excluding hydrogens is 261 g/mol. The van der Waals surface area contributed by atoms with Crippen LogP contribution in [0.3, 0.4) is 0 Å². The van der Waals surface area contributed by atoms with Crippen molar-refractivity contribution in [3.63, 3.8) is 0 Å². The van der Waals surface area contributed by atoms with Crippen molar-refractivity contribution in [2.45, 2.75) is 46.1 Å². The summed E-state index contributed by atoms with van der Waals surface area (Å²) in [5, 5.41) is 0. The molecule has 0 aromatic rings. The van der Waals surface area contributed by atoms with E-state index >= 15 is 0 Å². The monoisotopic (exact) mass is 283 g/mol. The maximum atomic E-state index is 2.59. The second-order valence-corrected chi connectivity index (χ2v) is 4.22. The molecule has 0 radical (unpaired) electrons. The molecular formula is C10H22IN. The van der Waals surface area contributed by atoms with E-state index in [0.29, 0.717) is 0 Å². The Morgan fingerprint density at radius 2 is 1.67 bits per heavy atom. The van der Waals surface area contributed by atoms with Gasteiger partial charge in [-0.15, -0.1) is 0 Å². The van der Waals surface area contributed by atoms with Gasteiger partial charge in [-0.3, -0.25) is 0 Å². The van der Waals surface area contributed by atoms with Crippen molar-refractivity contribution in [3.05, 3.63) is 0 Å². The molecule has 0 aromatic carbocycles. The van der Waals surface area contributed by atoms with E-state index < -0.39 is 0 Å². The molecule has 0 rings (SSSR count). The van der Waals surface area contributed by atoms with Crippen LogP contribution in [0.2, 0.25) is 0 Å². The lowest BCUT2D eigenvalue weighted by molar-refractivity contribution is 0.201. The predicted octanol–water partition coefficient (Wildman–Crippen LogP) is 3.32. The van der Waals surface area contributed by atoms with Crippen molar-refractivity contribution in [2.24, 2.45) is 0 Å². The van der Waals surface area contributed by atoms with Crippen LogP contribution < -0.4 is 0 Å². The molecule has 0 aliphatic heterocycles. The molecule has 74 valence electrons. The van der Waals surface area contributed by atoms with Gasteiger partial charge in [0.1, 0.15) is 0 Å². The van der Waals surface area contributed by atoms with E-state index in [2.05, 4.69) is 48.3 Å². The number of nitrogens with zero attached hydrogens (tertiary/aromatic N) is 1. The molecule has 0 spiro atoms. The summed E-state index contributed by atoms with van der Waals surface area (Å²) >= 11 is 2.48. The molecule has 0 bridgehead atoms. The third-order valence-electron chi connectivity index (χ3n) is 2.39. The normalized spacial score (nSPS) is 13.8. The highest BCUT2D eigenvalue weighted by Gasteiger charge is 2.12. The van der Waals surface area contributed by atoms with Crippen molar-refractivity contribution in [1.29, 1.82) is 0 Å². The van der Waals surface area contributed by atoms with Crippen LogP contribution in [0.15, 0.2) is 0 Å². The molecule has 0 fully saturated rings. The smallest absolute Gasteiger partial charge is 0.0102 e. The van der Waals surface area contributed by atoms with Gasteiger partial charge in [0.2, 0.25) is 0 Å². The number of alkyl halides is 1. The third kappa shape index (κ3) is 4.65. The van der Waals surface area contributed by atoms with E-state index in [9.17, 15) is 0 Å². The Bertz CT molecular complexity index is 85.8. The number of hydrogen-bond donors (Lipinski definition) is 0. The van der Waals surface area contributed by atoms with Gasteiger partial charge in [-0.25, -0.2) is 0 Å². The molecule has 0 aromatic heterocycles. The van der Waals surface area contributed by atoms with Crippen LogP contribution in [0.1, 0.15) is 40.0 Å². The van der Waals surface area contributed by atoms with Crippen molar-refractivity contribution >= 4 is 22.6 Å². The first-order chi connectivity index (χ1) is 5.79. The fourth-order valence-corrected chi connectivity index (χ4v) is 2.43. The zero-order chi connectivity index (χ0) is 9.40. The van der Waals surface area contributed by atoms with E-state index in [1.807, 2.05) is 0 Å². The summed E-state index contributed by atoms with van der Waals surface area (Å²) in [5.41, 5.74) is 0. The largest absolute Gasteiger partial charge is 0.301 e. The highest BCUT2D eigenvalue weighted by atomic mass is 127. The van der Waals surface area contributed by atoms with Gasteiger partial charge in [0.25, 0.3) is 0 Å². The van der Waals surface area contributed by atoms with Crippen molar-refractivity contribution in [3.8, 4) is 0 Å². The Hall–Kier alpha value is 0.690. The van der Waals surface area contributed by atoms with E-state index in [-0.39, 0.29) is 0 Å². The van der Waals surface area contributed by atoms with Crippen LogP contribution in [0.5, 0.6) is 0 Å². The fraction of sp³-hybridized carbons (Fsp3) is 1.00.